The Hall–Kier alpha value is -2.38. The minimum atomic E-state index is -0.0183. The number of phenols is 1. The second-order valence-corrected chi connectivity index (χ2v) is 6.62. The number of phenolic OH excluding ortho intramolecular Hbond substituents is 1. The van der Waals surface area contributed by atoms with E-state index in [1.54, 1.807) is 39.5 Å². The number of nitrogens with one attached hydrogen (secondary N) is 1. The maximum Gasteiger partial charge on any atom is 0.203 e. The van der Waals surface area contributed by atoms with Crippen molar-refractivity contribution in [3.8, 4) is 23.0 Å². The first-order chi connectivity index (χ1) is 13.0. The van der Waals surface area contributed by atoms with Gasteiger partial charge in [-0.3, -0.25) is 4.79 Å². The van der Waals surface area contributed by atoms with Crippen molar-refractivity contribution in [1.29, 1.82) is 0 Å². The fourth-order valence-corrected chi connectivity index (χ4v) is 3.19. The molecule has 0 saturated heterocycles. The number of aromatic hydroxyl groups is 1. The molecule has 0 aliphatic heterocycles. The van der Waals surface area contributed by atoms with E-state index in [2.05, 4.69) is 5.32 Å². The highest BCUT2D eigenvalue weighted by molar-refractivity contribution is 7.98. The lowest BCUT2D eigenvalue weighted by atomic mass is 10.1. The van der Waals surface area contributed by atoms with Crippen molar-refractivity contribution in [3.05, 3.63) is 41.5 Å². The number of Topliss-reactive ketones (excluding diaryl/α,β-unsaturated/α-hetero) is 1. The van der Waals surface area contributed by atoms with Crippen LogP contribution in [0, 0.1) is 0 Å². The van der Waals surface area contributed by atoms with Gasteiger partial charge in [-0.2, -0.15) is 0 Å². The minimum Gasteiger partial charge on any atom is -0.507 e. The van der Waals surface area contributed by atoms with Crippen molar-refractivity contribution >= 4 is 17.5 Å². The Morgan fingerprint density at radius 3 is 2.30 bits per heavy atom. The van der Waals surface area contributed by atoms with Crippen LogP contribution in [-0.4, -0.2) is 51.6 Å². The maximum atomic E-state index is 12.3. The number of carbonyl (C=O) groups is 1. The molecule has 2 N–H and O–H groups in total. The summed E-state index contributed by atoms with van der Waals surface area (Å²) in [5, 5.41) is 12.9. The molecule has 0 aliphatic rings. The minimum absolute atomic E-state index is 0.0183. The van der Waals surface area contributed by atoms with Gasteiger partial charge in [-0.15, -0.1) is 11.8 Å². The number of ether oxygens (including phenoxy) is 3. The summed E-state index contributed by atoms with van der Waals surface area (Å²) in [5.41, 5.74) is 1.59. The second kappa shape index (κ2) is 10.1. The van der Waals surface area contributed by atoms with Gasteiger partial charge >= 0.3 is 0 Å². The first-order valence-corrected chi connectivity index (χ1v) is 9.66. The van der Waals surface area contributed by atoms with Gasteiger partial charge in [-0.05, 0) is 55.1 Å². The van der Waals surface area contributed by atoms with Crippen LogP contribution in [-0.2, 0) is 6.42 Å². The number of ketones is 1. The Labute approximate surface area is 163 Å². The molecule has 0 heterocycles. The first kappa shape index (κ1) is 20.9. The molecule has 0 aromatic heterocycles. The van der Waals surface area contributed by atoms with E-state index in [-0.39, 0.29) is 18.1 Å². The predicted molar refractivity (Wildman–Crippen MR) is 107 cm³/mol. The Bertz CT molecular complexity index is 769. The highest BCUT2D eigenvalue weighted by atomic mass is 32.2. The number of hydrogen-bond donors (Lipinski definition) is 2. The number of carbonyl (C=O) groups excluding carboxylic acids is 1. The standard InChI is InChI=1S/C20H25NO5S/c1-24-17-9-13(10-18(25-2)20(17)26-3)7-8-21-12-16(23)14-5-6-15(22)19(11-14)27-4/h5-6,9-11,21-22H,7-8,12H2,1-4H3. The Morgan fingerprint density at radius 1 is 1.07 bits per heavy atom. The normalized spacial score (nSPS) is 10.5. The number of hydrogen-bond acceptors (Lipinski definition) is 7. The zero-order chi connectivity index (χ0) is 19.8. The molecule has 0 saturated carbocycles. The van der Waals surface area contributed by atoms with Crippen molar-refractivity contribution < 1.29 is 24.1 Å². The molecule has 146 valence electrons. The molecule has 0 spiro atoms. The van der Waals surface area contributed by atoms with Crippen LogP contribution in [0.15, 0.2) is 35.2 Å². The quantitative estimate of drug-likeness (QED) is 0.366. The van der Waals surface area contributed by atoms with E-state index < -0.39 is 0 Å². The summed E-state index contributed by atoms with van der Waals surface area (Å²) in [6.07, 6.45) is 2.56. The van der Waals surface area contributed by atoms with Gasteiger partial charge in [0.05, 0.1) is 27.9 Å². The lowest BCUT2D eigenvalue weighted by Gasteiger charge is -2.14. The first-order valence-electron chi connectivity index (χ1n) is 8.43. The molecule has 0 amide bonds. The zero-order valence-corrected chi connectivity index (χ0v) is 16.8. The van der Waals surface area contributed by atoms with Crippen molar-refractivity contribution in [2.45, 2.75) is 11.3 Å². The van der Waals surface area contributed by atoms with Gasteiger partial charge in [0.25, 0.3) is 0 Å². The van der Waals surface area contributed by atoms with Crippen LogP contribution in [0.3, 0.4) is 0 Å². The molecule has 6 nitrogen and oxygen atoms in total. The summed E-state index contributed by atoms with van der Waals surface area (Å²) in [7, 11) is 4.73. The largest absolute Gasteiger partial charge is 0.507 e. The fourth-order valence-electron chi connectivity index (χ4n) is 2.67. The topological polar surface area (TPSA) is 77.0 Å². The second-order valence-electron chi connectivity index (χ2n) is 5.77. The van der Waals surface area contributed by atoms with Crippen molar-refractivity contribution in [3.63, 3.8) is 0 Å². The Balaban J connectivity index is 1.94. The molecule has 2 rings (SSSR count). The average molecular weight is 391 g/mol. The van der Waals surface area contributed by atoms with Crippen LogP contribution in [0.25, 0.3) is 0 Å². The third kappa shape index (κ3) is 5.30. The molecule has 0 fully saturated rings. The number of methoxy groups -OCH3 is 3. The summed E-state index contributed by atoms with van der Waals surface area (Å²) in [4.78, 5) is 13.0. The molecule has 2 aromatic rings. The average Bonchev–Trinajstić information content (AvgIpc) is 2.70. The summed E-state index contributed by atoms with van der Waals surface area (Å²) in [6.45, 7) is 0.848. The molecular weight excluding hydrogens is 366 g/mol. The lowest BCUT2D eigenvalue weighted by molar-refractivity contribution is 0.0991. The molecular formula is C20H25NO5S. The van der Waals surface area contributed by atoms with E-state index in [9.17, 15) is 9.90 Å². The summed E-state index contributed by atoms with van der Waals surface area (Å²) < 4.78 is 16.0. The van der Waals surface area contributed by atoms with E-state index in [1.165, 1.54) is 11.8 Å². The van der Waals surface area contributed by atoms with E-state index >= 15 is 0 Å². The van der Waals surface area contributed by atoms with Gasteiger partial charge < -0.3 is 24.6 Å². The van der Waals surface area contributed by atoms with E-state index in [0.29, 0.717) is 40.7 Å². The van der Waals surface area contributed by atoms with E-state index in [0.717, 1.165) is 5.56 Å². The third-order valence-electron chi connectivity index (χ3n) is 4.10. The van der Waals surface area contributed by atoms with Crippen LogP contribution in [0.2, 0.25) is 0 Å². The van der Waals surface area contributed by atoms with Gasteiger partial charge in [0.1, 0.15) is 5.75 Å². The van der Waals surface area contributed by atoms with Gasteiger partial charge in [0.2, 0.25) is 5.75 Å². The van der Waals surface area contributed by atoms with Gasteiger partial charge in [-0.1, -0.05) is 0 Å². The predicted octanol–water partition coefficient (Wildman–Crippen LogP) is 3.15. The highest BCUT2D eigenvalue weighted by Gasteiger charge is 2.13. The van der Waals surface area contributed by atoms with Crippen LogP contribution in [0.1, 0.15) is 15.9 Å². The number of thioether (sulfide) groups is 1. The van der Waals surface area contributed by atoms with Crippen LogP contribution in [0.4, 0.5) is 0 Å². The molecule has 0 radical (unpaired) electrons. The number of rotatable bonds is 10. The molecule has 0 aliphatic carbocycles. The summed E-state index contributed by atoms with van der Waals surface area (Å²) in [6, 6.07) is 8.70. The van der Waals surface area contributed by atoms with Gasteiger partial charge in [0, 0.05) is 10.5 Å². The van der Waals surface area contributed by atoms with Crippen LogP contribution in [0.5, 0.6) is 23.0 Å². The monoisotopic (exact) mass is 391 g/mol. The van der Waals surface area contributed by atoms with Crippen LogP contribution < -0.4 is 19.5 Å². The maximum absolute atomic E-state index is 12.3. The lowest BCUT2D eigenvalue weighted by Crippen LogP contribution is -2.25. The van der Waals surface area contributed by atoms with E-state index in [4.69, 9.17) is 14.2 Å². The van der Waals surface area contributed by atoms with Crippen LogP contribution >= 0.6 is 11.8 Å². The Kier molecular flexibility index (Phi) is 7.82. The molecule has 2 aromatic carbocycles. The van der Waals surface area contributed by atoms with Crippen molar-refractivity contribution in [2.75, 3.05) is 40.7 Å². The summed E-state index contributed by atoms with van der Waals surface area (Å²) in [5.74, 6) is 1.95. The third-order valence-corrected chi connectivity index (χ3v) is 4.87. The smallest absolute Gasteiger partial charge is 0.203 e. The molecule has 27 heavy (non-hydrogen) atoms. The zero-order valence-electron chi connectivity index (χ0n) is 16.0. The van der Waals surface area contributed by atoms with Gasteiger partial charge in [-0.25, -0.2) is 0 Å². The van der Waals surface area contributed by atoms with Gasteiger partial charge in [0.15, 0.2) is 17.3 Å². The Morgan fingerprint density at radius 2 is 1.74 bits per heavy atom. The van der Waals surface area contributed by atoms with Crippen molar-refractivity contribution in [2.24, 2.45) is 0 Å². The van der Waals surface area contributed by atoms with Crippen molar-refractivity contribution in [1.82, 2.24) is 5.32 Å². The summed E-state index contributed by atoms with van der Waals surface area (Å²) >= 11 is 1.41. The van der Waals surface area contributed by atoms with E-state index in [1.807, 2.05) is 18.4 Å². The highest BCUT2D eigenvalue weighted by Crippen LogP contribution is 2.38. The molecule has 0 bridgehead atoms. The molecule has 7 heteroatoms. The SMILES string of the molecule is COc1cc(CCNCC(=O)c2ccc(O)c(SC)c2)cc(OC)c1OC. The molecule has 0 unspecified atom stereocenters. The molecule has 0 atom stereocenters. The fraction of sp³-hybridized carbons (Fsp3) is 0.350. The number of benzene rings is 2.